The van der Waals surface area contributed by atoms with Crippen LogP contribution in [-0.2, 0) is 12.8 Å². The van der Waals surface area contributed by atoms with E-state index in [1.807, 2.05) is 0 Å². The van der Waals surface area contributed by atoms with Crippen molar-refractivity contribution in [3.63, 3.8) is 0 Å². The Bertz CT molecular complexity index is 430. The molecule has 0 spiro atoms. The molecule has 2 aromatic rings. The summed E-state index contributed by atoms with van der Waals surface area (Å²) in [4.78, 5) is 0. The lowest BCUT2D eigenvalue weighted by Gasteiger charge is -1.99. The second-order valence-electron chi connectivity index (χ2n) is 5.53. The van der Waals surface area contributed by atoms with Gasteiger partial charge >= 0.3 is 0 Å². The fourth-order valence-electron chi connectivity index (χ4n) is 2.33. The highest BCUT2D eigenvalue weighted by Gasteiger charge is 1.90. The Morgan fingerprint density at radius 2 is 1.05 bits per heavy atom. The molecular weight excluding hydrogens is 252 g/mol. The monoisotopic (exact) mass is 282 g/mol. The predicted molar refractivity (Wildman–Crippen MR) is 94.7 cm³/mol. The van der Waals surface area contributed by atoms with E-state index in [-0.39, 0.29) is 0 Å². The lowest BCUT2D eigenvalue weighted by molar-refractivity contribution is 0.667. The molecule has 0 aliphatic heterocycles. The fraction of sp³-hybridized carbons (Fsp3) is 0.429. The van der Waals surface area contributed by atoms with Gasteiger partial charge in [0.15, 0.2) is 0 Å². The third-order valence-electron chi connectivity index (χ3n) is 3.54. The highest BCUT2D eigenvalue weighted by Crippen LogP contribution is 2.06. The van der Waals surface area contributed by atoms with Gasteiger partial charge in [0.25, 0.3) is 0 Å². The van der Waals surface area contributed by atoms with Gasteiger partial charge in [-0.3, -0.25) is 0 Å². The van der Waals surface area contributed by atoms with Crippen LogP contribution in [0.15, 0.2) is 60.7 Å². The number of rotatable bonds is 7. The smallest absolute Gasteiger partial charge is 0.0279 e. The first kappa shape index (κ1) is 17.5. The molecule has 0 bridgehead atoms. The number of unbranched alkanes of at least 4 members (excludes halogenated alkanes) is 3. The largest absolute Gasteiger partial charge is 0.0654 e. The van der Waals surface area contributed by atoms with Crippen LogP contribution < -0.4 is 0 Å². The molecule has 0 nitrogen and oxygen atoms in total. The van der Waals surface area contributed by atoms with Crippen molar-refractivity contribution < 1.29 is 0 Å². The molecule has 0 aromatic heterocycles. The van der Waals surface area contributed by atoms with Crippen LogP contribution in [0.3, 0.4) is 0 Å². The van der Waals surface area contributed by atoms with Crippen molar-refractivity contribution in [1.29, 1.82) is 0 Å². The van der Waals surface area contributed by atoms with Gasteiger partial charge in [0.2, 0.25) is 0 Å². The van der Waals surface area contributed by atoms with E-state index < -0.39 is 0 Å². The van der Waals surface area contributed by atoms with Crippen LogP contribution in [-0.4, -0.2) is 0 Å². The van der Waals surface area contributed by atoms with Crippen molar-refractivity contribution in [3.8, 4) is 0 Å². The zero-order valence-corrected chi connectivity index (χ0v) is 13.7. The van der Waals surface area contributed by atoms with Gasteiger partial charge in [0.1, 0.15) is 0 Å². The van der Waals surface area contributed by atoms with E-state index in [4.69, 9.17) is 0 Å². The van der Waals surface area contributed by atoms with Crippen molar-refractivity contribution in [2.75, 3.05) is 0 Å². The number of aryl methyl sites for hydroxylation is 2. The summed E-state index contributed by atoms with van der Waals surface area (Å²) in [6.45, 7) is 4.45. The molecule has 0 N–H and O–H groups in total. The molecule has 0 aliphatic carbocycles. The summed E-state index contributed by atoms with van der Waals surface area (Å²) in [7, 11) is 0. The van der Waals surface area contributed by atoms with Gasteiger partial charge in [-0.15, -0.1) is 0 Å². The van der Waals surface area contributed by atoms with Crippen molar-refractivity contribution in [3.05, 3.63) is 71.8 Å². The SMILES string of the molecule is CCCCCCc1ccccc1.CCCc1ccccc1. The molecule has 21 heavy (non-hydrogen) atoms. The molecule has 0 saturated heterocycles. The molecule has 2 rings (SSSR count). The summed E-state index contributed by atoms with van der Waals surface area (Å²) in [5.41, 5.74) is 2.92. The quantitative estimate of drug-likeness (QED) is 0.512. The van der Waals surface area contributed by atoms with Gasteiger partial charge < -0.3 is 0 Å². The molecule has 2 aromatic carbocycles. The number of hydrogen-bond donors (Lipinski definition) is 0. The highest BCUT2D eigenvalue weighted by molar-refractivity contribution is 5.15. The van der Waals surface area contributed by atoms with Gasteiger partial charge in [0.05, 0.1) is 0 Å². The van der Waals surface area contributed by atoms with Crippen LogP contribution >= 0.6 is 0 Å². The Hall–Kier alpha value is -1.56. The van der Waals surface area contributed by atoms with Crippen LogP contribution in [0.5, 0.6) is 0 Å². The number of hydrogen-bond acceptors (Lipinski definition) is 0. The zero-order valence-electron chi connectivity index (χ0n) is 13.7. The summed E-state index contributed by atoms with van der Waals surface area (Å²) < 4.78 is 0. The molecule has 0 fully saturated rings. The molecule has 114 valence electrons. The van der Waals surface area contributed by atoms with E-state index in [1.54, 1.807) is 0 Å². The van der Waals surface area contributed by atoms with Gasteiger partial charge in [0, 0.05) is 0 Å². The van der Waals surface area contributed by atoms with Crippen molar-refractivity contribution in [1.82, 2.24) is 0 Å². The van der Waals surface area contributed by atoms with Crippen molar-refractivity contribution in [2.45, 2.75) is 58.8 Å². The van der Waals surface area contributed by atoms with Gasteiger partial charge in [-0.2, -0.15) is 0 Å². The summed E-state index contributed by atoms with van der Waals surface area (Å²) in [6, 6.07) is 21.3. The van der Waals surface area contributed by atoms with Gasteiger partial charge in [-0.05, 0) is 30.4 Å². The minimum Gasteiger partial charge on any atom is -0.0654 e. The van der Waals surface area contributed by atoms with E-state index in [9.17, 15) is 0 Å². The summed E-state index contributed by atoms with van der Waals surface area (Å²) >= 11 is 0. The molecule has 0 atom stereocenters. The average Bonchev–Trinajstić information content (AvgIpc) is 2.55. The van der Waals surface area contributed by atoms with E-state index in [0.29, 0.717) is 0 Å². The maximum atomic E-state index is 2.25. The van der Waals surface area contributed by atoms with Crippen LogP contribution in [0.25, 0.3) is 0 Å². The van der Waals surface area contributed by atoms with E-state index in [2.05, 4.69) is 74.5 Å². The minimum atomic E-state index is 1.21. The van der Waals surface area contributed by atoms with E-state index >= 15 is 0 Å². The van der Waals surface area contributed by atoms with E-state index in [1.165, 1.54) is 56.1 Å². The topological polar surface area (TPSA) is 0 Å². The lowest BCUT2D eigenvalue weighted by Crippen LogP contribution is -1.84. The van der Waals surface area contributed by atoms with E-state index in [0.717, 1.165) is 0 Å². The average molecular weight is 282 g/mol. The van der Waals surface area contributed by atoms with Crippen LogP contribution in [0.2, 0.25) is 0 Å². The molecule has 0 heteroatoms. The Morgan fingerprint density at radius 3 is 1.52 bits per heavy atom. The molecule has 0 heterocycles. The van der Waals surface area contributed by atoms with Gasteiger partial charge in [-0.25, -0.2) is 0 Å². The zero-order chi connectivity index (χ0) is 15.2. The Labute approximate surface area is 131 Å². The van der Waals surface area contributed by atoms with Crippen molar-refractivity contribution in [2.24, 2.45) is 0 Å². The number of benzene rings is 2. The standard InChI is InChI=1S/C12H18.C9H12/c1-2-3-4-6-9-12-10-7-5-8-11-12;1-2-6-9-7-4-3-5-8-9/h5,7-8,10-11H,2-4,6,9H2,1H3;3-5,7-8H,2,6H2,1H3. The second-order valence-corrected chi connectivity index (χ2v) is 5.53. The van der Waals surface area contributed by atoms with Crippen molar-refractivity contribution >= 4 is 0 Å². The molecule has 0 aliphatic rings. The summed E-state index contributed by atoms with van der Waals surface area (Å²) in [5, 5.41) is 0. The molecular formula is C21H30. The fourth-order valence-corrected chi connectivity index (χ4v) is 2.33. The molecule has 0 amide bonds. The molecule has 0 radical (unpaired) electrons. The van der Waals surface area contributed by atoms with Gasteiger partial charge in [-0.1, -0.05) is 100 Å². The predicted octanol–water partition coefficient (Wildman–Crippen LogP) is 6.45. The summed E-state index contributed by atoms with van der Waals surface area (Å²) in [5.74, 6) is 0. The maximum Gasteiger partial charge on any atom is -0.0279 e. The highest BCUT2D eigenvalue weighted by atomic mass is 14.0. The first-order valence-corrected chi connectivity index (χ1v) is 8.44. The van der Waals surface area contributed by atoms with Crippen LogP contribution in [0.1, 0.15) is 57.1 Å². The second kappa shape index (κ2) is 12.2. The first-order valence-electron chi connectivity index (χ1n) is 8.44. The Kier molecular flexibility index (Phi) is 10.2. The Morgan fingerprint density at radius 1 is 0.524 bits per heavy atom. The normalized spacial score (nSPS) is 9.81. The molecule has 0 saturated carbocycles. The van der Waals surface area contributed by atoms with Crippen LogP contribution in [0, 0.1) is 0 Å². The molecule has 0 unspecified atom stereocenters. The lowest BCUT2D eigenvalue weighted by atomic mass is 10.1. The Balaban J connectivity index is 0.000000219. The minimum absolute atomic E-state index is 1.21. The maximum absolute atomic E-state index is 2.25. The third kappa shape index (κ3) is 9.07. The summed E-state index contributed by atoms with van der Waals surface area (Å²) in [6.07, 6.45) is 9.14. The van der Waals surface area contributed by atoms with Crippen LogP contribution in [0.4, 0.5) is 0 Å². The third-order valence-corrected chi connectivity index (χ3v) is 3.54. The first-order chi connectivity index (χ1) is 10.4.